The Morgan fingerprint density at radius 2 is 1.73 bits per heavy atom. The number of aromatic hydroxyl groups is 1. The fourth-order valence-corrected chi connectivity index (χ4v) is 7.98. The number of carbonyl (C=O) groups is 2. The minimum absolute atomic E-state index is 0.129. The van der Waals surface area contributed by atoms with Crippen molar-refractivity contribution >= 4 is 11.6 Å². The summed E-state index contributed by atoms with van der Waals surface area (Å²) in [4.78, 5) is 29.4. The standard InChI is InChI=1S/C34H42O7/c1-17(2)11-12-20-25(35)23-26(36)21-15-32(38-10)16-22-31(8,9)41-33(29(32)37,14-13-18(3)4)34(21,22)40-28(23)24-27(20)39-19(5)30(24,6)7/h11,13,15,19,22,35H,12,14,16H2,1-10H3/t19-,22+,32+,33+,34-/m0/s1. The zero-order valence-electron chi connectivity index (χ0n) is 25.9. The first kappa shape index (κ1) is 28.2. The average Bonchev–Trinajstić information content (AvgIpc) is 3.21. The van der Waals surface area contributed by atoms with Gasteiger partial charge in [0.2, 0.25) is 5.78 Å². The molecule has 3 aliphatic heterocycles. The maximum atomic E-state index is 14.8. The fraction of sp³-hybridized carbons (Fsp3) is 0.588. The molecule has 1 N–H and O–H groups in total. The van der Waals surface area contributed by atoms with E-state index >= 15 is 0 Å². The van der Waals surface area contributed by atoms with Gasteiger partial charge in [0, 0.05) is 41.6 Å². The summed E-state index contributed by atoms with van der Waals surface area (Å²) in [5, 5.41) is 11.8. The normalized spacial score (nSPS) is 34.6. The molecular formula is C34H42O7. The second-order valence-electron chi connectivity index (χ2n) is 14.1. The van der Waals surface area contributed by atoms with Crippen molar-refractivity contribution in [2.75, 3.05) is 7.11 Å². The maximum Gasteiger partial charge on any atom is 0.205 e. The third kappa shape index (κ3) is 3.22. The van der Waals surface area contributed by atoms with Crippen LogP contribution < -0.4 is 9.47 Å². The summed E-state index contributed by atoms with van der Waals surface area (Å²) in [5.74, 6) is -0.197. The number of benzene rings is 1. The number of hydrogen-bond donors (Lipinski definition) is 1. The van der Waals surface area contributed by atoms with E-state index in [0.29, 0.717) is 35.5 Å². The van der Waals surface area contributed by atoms with Crippen molar-refractivity contribution in [2.24, 2.45) is 5.92 Å². The first-order valence-corrected chi connectivity index (χ1v) is 14.6. The summed E-state index contributed by atoms with van der Waals surface area (Å²) >= 11 is 0. The topological polar surface area (TPSA) is 91.3 Å². The monoisotopic (exact) mass is 562 g/mol. The molecule has 0 radical (unpaired) electrons. The number of phenolic OH excluding ortho intramolecular Hbond substituents is 1. The second-order valence-corrected chi connectivity index (χ2v) is 14.1. The summed E-state index contributed by atoms with van der Waals surface area (Å²) in [7, 11) is 1.51. The number of methoxy groups -OCH3 is 1. The van der Waals surface area contributed by atoms with E-state index in [1.54, 1.807) is 6.08 Å². The third-order valence-electron chi connectivity index (χ3n) is 10.4. The van der Waals surface area contributed by atoms with Crippen LogP contribution in [-0.4, -0.2) is 52.3 Å². The molecule has 4 bridgehead atoms. The van der Waals surface area contributed by atoms with E-state index < -0.39 is 27.8 Å². The summed E-state index contributed by atoms with van der Waals surface area (Å²) in [6.45, 7) is 18.0. The number of ketones is 2. The van der Waals surface area contributed by atoms with Gasteiger partial charge in [-0.05, 0) is 67.4 Å². The molecule has 3 aliphatic carbocycles. The van der Waals surface area contributed by atoms with Crippen molar-refractivity contribution < 1.29 is 33.6 Å². The van der Waals surface area contributed by atoms with Crippen LogP contribution in [0.1, 0.15) is 96.6 Å². The van der Waals surface area contributed by atoms with Gasteiger partial charge in [-0.15, -0.1) is 0 Å². The molecule has 1 saturated carbocycles. The zero-order chi connectivity index (χ0) is 30.1. The first-order valence-electron chi connectivity index (χ1n) is 14.6. The van der Waals surface area contributed by atoms with Crippen LogP contribution in [-0.2, 0) is 26.1 Å². The fourth-order valence-electron chi connectivity index (χ4n) is 7.98. The Labute approximate surface area is 242 Å². The van der Waals surface area contributed by atoms with Crippen molar-refractivity contribution in [3.63, 3.8) is 0 Å². The van der Waals surface area contributed by atoms with Crippen LogP contribution in [0.4, 0.5) is 0 Å². The number of phenols is 1. The molecule has 1 aromatic rings. The minimum Gasteiger partial charge on any atom is -0.507 e. The quantitative estimate of drug-likeness (QED) is 0.434. The highest BCUT2D eigenvalue weighted by Crippen LogP contribution is 2.70. The van der Waals surface area contributed by atoms with Gasteiger partial charge in [-0.25, -0.2) is 0 Å². The molecule has 5 atom stereocenters. The summed E-state index contributed by atoms with van der Waals surface area (Å²) in [5.41, 5.74) is -1.60. The van der Waals surface area contributed by atoms with Crippen molar-refractivity contribution in [3.05, 3.63) is 51.6 Å². The number of hydrogen-bond acceptors (Lipinski definition) is 7. The molecule has 2 fully saturated rings. The predicted molar refractivity (Wildman–Crippen MR) is 155 cm³/mol. The Bertz CT molecular complexity index is 1500. The van der Waals surface area contributed by atoms with Gasteiger partial charge in [0.1, 0.15) is 34.5 Å². The van der Waals surface area contributed by atoms with Gasteiger partial charge >= 0.3 is 0 Å². The van der Waals surface area contributed by atoms with Crippen LogP contribution in [0.2, 0.25) is 0 Å². The third-order valence-corrected chi connectivity index (χ3v) is 10.4. The highest BCUT2D eigenvalue weighted by atomic mass is 16.6. The Hall–Kier alpha value is -2.90. The van der Waals surface area contributed by atoms with Crippen LogP contribution >= 0.6 is 0 Å². The molecule has 1 spiro atoms. The lowest BCUT2D eigenvalue weighted by atomic mass is 9.49. The lowest BCUT2D eigenvalue weighted by Crippen LogP contribution is -2.77. The average molecular weight is 563 g/mol. The molecule has 7 heteroatoms. The molecule has 1 aromatic carbocycles. The van der Waals surface area contributed by atoms with Crippen LogP contribution in [0.3, 0.4) is 0 Å². The SMILES string of the molecule is CO[C@]12C=C3C(=O)c4c(O)c(CC=C(C)C)c5c(c4O[C@]34[C@H](C1)C(C)(C)O[C@]4(CC=C(C)C)C2=O)C(C)(C)[C@H](C)O5. The number of fused-ring (bicyclic) bond motifs is 3. The molecule has 7 rings (SSSR count). The number of allylic oxidation sites excluding steroid dienone is 3. The Morgan fingerprint density at radius 1 is 1.07 bits per heavy atom. The summed E-state index contributed by atoms with van der Waals surface area (Å²) < 4.78 is 26.4. The Balaban J connectivity index is 1.71. The van der Waals surface area contributed by atoms with Gasteiger partial charge in [-0.2, -0.15) is 0 Å². The molecule has 0 aromatic heterocycles. The van der Waals surface area contributed by atoms with E-state index in [9.17, 15) is 14.7 Å². The molecule has 3 heterocycles. The van der Waals surface area contributed by atoms with Crippen LogP contribution in [0.5, 0.6) is 17.2 Å². The zero-order valence-corrected chi connectivity index (χ0v) is 25.9. The smallest absolute Gasteiger partial charge is 0.205 e. The largest absolute Gasteiger partial charge is 0.507 e. The number of ether oxygens (including phenoxy) is 4. The predicted octanol–water partition coefficient (Wildman–Crippen LogP) is 6.09. The molecule has 1 saturated heterocycles. The molecular weight excluding hydrogens is 520 g/mol. The summed E-state index contributed by atoms with van der Waals surface area (Å²) in [6, 6.07) is 0. The molecule has 220 valence electrons. The van der Waals surface area contributed by atoms with E-state index in [1.807, 2.05) is 60.6 Å². The van der Waals surface area contributed by atoms with Gasteiger partial charge < -0.3 is 24.1 Å². The number of Topliss-reactive ketones (excluding diaryl/α,β-unsaturated/α-hetero) is 2. The van der Waals surface area contributed by atoms with Gasteiger partial charge in [-0.1, -0.05) is 37.1 Å². The lowest BCUT2D eigenvalue weighted by molar-refractivity contribution is -0.190. The summed E-state index contributed by atoms with van der Waals surface area (Å²) in [6.07, 6.45) is 6.41. The molecule has 0 amide bonds. The van der Waals surface area contributed by atoms with Gasteiger partial charge in [0.25, 0.3) is 0 Å². The van der Waals surface area contributed by atoms with Crippen molar-refractivity contribution in [3.8, 4) is 17.2 Å². The minimum atomic E-state index is -1.48. The van der Waals surface area contributed by atoms with E-state index in [0.717, 1.165) is 16.7 Å². The lowest BCUT2D eigenvalue weighted by Gasteiger charge is -2.59. The van der Waals surface area contributed by atoms with Crippen LogP contribution in [0.25, 0.3) is 0 Å². The number of carbonyl (C=O) groups excluding carboxylic acids is 2. The van der Waals surface area contributed by atoms with Gasteiger partial charge in [0.15, 0.2) is 17.0 Å². The Morgan fingerprint density at radius 3 is 2.34 bits per heavy atom. The second kappa shape index (κ2) is 8.35. The van der Waals surface area contributed by atoms with Crippen molar-refractivity contribution in [2.45, 2.75) is 115 Å². The van der Waals surface area contributed by atoms with Crippen molar-refractivity contribution in [1.29, 1.82) is 0 Å². The highest BCUT2D eigenvalue weighted by Gasteiger charge is 2.84. The van der Waals surface area contributed by atoms with E-state index in [4.69, 9.17) is 18.9 Å². The number of rotatable bonds is 5. The van der Waals surface area contributed by atoms with E-state index in [-0.39, 0.29) is 41.3 Å². The van der Waals surface area contributed by atoms with Crippen LogP contribution in [0, 0.1) is 5.92 Å². The Kier molecular flexibility index (Phi) is 5.75. The van der Waals surface area contributed by atoms with E-state index in [1.165, 1.54) is 7.11 Å². The molecule has 0 unspecified atom stereocenters. The van der Waals surface area contributed by atoms with Gasteiger partial charge in [0.05, 0.1) is 5.60 Å². The van der Waals surface area contributed by atoms with Crippen molar-refractivity contribution in [1.82, 2.24) is 0 Å². The molecule has 7 nitrogen and oxygen atoms in total. The maximum absolute atomic E-state index is 14.8. The van der Waals surface area contributed by atoms with Crippen LogP contribution in [0.15, 0.2) is 34.9 Å². The van der Waals surface area contributed by atoms with E-state index in [2.05, 4.69) is 13.8 Å². The molecule has 6 aliphatic rings. The highest BCUT2D eigenvalue weighted by molar-refractivity contribution is 6.20. The van der Waals surface area contributed by atoms with Gasteiger partial charge in [-0.3, -0.25) is 9.59 Å². The first-order chi connectivity index (χ1) is 19.0. The molecule has 41 heavy (non-hydrogen) atoms.